The Kier molecular flexibility index (Phi) is 7.12. The van der Waals surface area contributed by atoms with Crippen LogP contribution in [0.4, 0.5) is 13.2 Å². The van der Waals surface area contributed by atoms with Crippen molar-refractivity contribution in [2.75, 3.05) is 6.54 Å². The first-order valence-corrected chi connectivity index (χ1v) is 5.46. The molecule has 3 N–H and O–H groups in total. The Balaban J connectivity index is 3.85. The number of hydrogen-bond acceptors (Lipinski definition) is 2. The topological polar surface area (TPSA) is 55.1 Å². The average molecular weight is 240 g/mol. The quantitative estimate of drug-likeness (QED) is 0.637. The van der Waals surface area contributed by atoms with E-state index in [2.05, 4.69) is 5.32 Å². The van der Waals surface area contributed by atoms with Crippen LogP contribution in [0.15, 0.2) is 0 Å². The van der Waals surface area contributed by atoms with Crippen LogP contribution in [0.1, 0.15) is 39.0 Å². The molecule has 6 heteroatoms. The largest absolute Gasteiger partial charge is 0.401 e. The lowest BCUT2D eigenvalue weighted by molar-refractivity contribution is -0.130. The van der Waals surface area contributed by atoms with E-state index < -0.39 is 24.7 Å². The first kappa shape index (κ1) is 15.2. The Labute approximate surface area is 93.6 Å². The second-order valence-electron chi connectivity index (χ2n) is 3.80. The van der Waals surface area contributed by atoms with Crippen LogP contribution in [-0.2, 0) is 4.79 Å². The number of halogens is 3. The van der Waals surface area contributed by atoms with Gasteiger partial charge in [0.1, 0.15) is 0 Å². The molecule has 0 heterocycles. The fraction of sp³-hybridized carbons (Fsp3) is 0.900. The first-order chi connectivity index (χ1) is 7.37. The van der Waals surface area contributed by atoms with Gasteiger partial charge in [-0.3, -0.25) is 10.1 Å². The maximum absolute atomic E-state index is 11.9. The lowest BCUT2D eigenvalue weighted by Crippen LogP contribution is -2.45. The number of primary amides is 1. The van der Waals surface area contributed by atoms with E-state index in [-0.39, 0.29) is 0 Å². The Hall–Kier alpha value is -0.780. The summed E-state index contributed by atoms with van der Waals surface area (Å²) < 4.78 is 35.7. The molecular formula is C10H19F3N2O. The number of carbonyl (C=O) groups is 1. The summed E-state index contributed by atoms with van der Waals surface area (Å²) in [5, 5.41) is 2.14. The first-order valence-electron chi connectivity index (χ1n) is 5.46. The van der Waals surface area contributed by atoms with Crippen LogP contribution in [0, 0.1) is 0 Å². The second kappa shape index (κ2) is 7.49. The summed E-state index contributed by atoms with van der Waals surface area (Å²) >= 11 is 0. The van der Waals surface area contributed by atoms with Crippen molar-refractivity contribution >= 4 is 5.91 Å². The van der Waals surface area contributed by atoms with Crippen molar-refractivity contribution in [3.8, 4) is 0 Å². The maximum atomic E-state index is 11.9. The molecule has 0 aromatic rings. The number of hydrogen-bond donors (Lipinski definition) is 2. The van der Waals surface area contributed by atoms with Gasteiger partial charge in [0.25, 0.3) is 0 Å². The van der Waals surface area contributed by atoms with E-state index in [4.69, 9.17) is 5.73 Å². The van der Waals surface area contributed by atoms with Crippen molar-refractivity contribution in [1.29, 1.82) is 0 Å². The molecule has 0 aromatic heterocycles. The monoisotopic (exact) mass is 240 g/mol. The van der Waals surface area contributed by atoms with E-state index in [1.807, 2.05) is 6.92 Å². The van der Waals surface area contributed by atoms with E-state index in [0.717, 1.165) is 19.3 Å². The van der Waals surface area contributed by atoms with Crippen molar-refractivity contribution in [2.24, 2.45) is 5.73 Å². The molecule has 96 valence electrons. The minimum Gasteiger partial charge on any atom is -0.368 e. The van der Waals surface area contributed by atoms with Crippen LogP contribution in [0.5, 0.6) is 0 Å². The van der Waals surface area contributed by atoms with Gasteiger partial charge >= 0.3 is 6.18 Å². The average Bonchev–Trinajstić information content (AvgIpc) is 2.14. The SMILES string of the molecule is CCCCCCC(NCC(F)(F)F)C(N)=O. The summed E-state index contributed by atoms with van der Waals surface area (Å²) in [6, 6.07) is -0.876. The zero-order valence-electron chi connectivity index (χ0n) is 9.44. The number of nitrogens with one attached hydrogen (secondary N) is 1. The van der Waals surface area contributed by atoms with Crippen LogP contribution in [-0.4, -0.2) is 24.7 Å². The molecule has 0 bridgehead atoms. The molecule has 0 radical (unpaired) electrons. The molecule has 3 nitrogen and oxygen atoms in total. The molecule has 0 spiro atoms. The van der Waals surface area contributed by atoms with Crippen molar-refractivity contribution in [2.45, 2.75) is 51.2 Å². The highest BCUT2D eigenvalue weighted by atomic mass is 19.4. The molecule has 0 fully saturated rings. The van der Waals surface area contributed by atoms with Crippen LogP contribution in [0.2, 0.25) is 0 Å². The van der Waals surface area contributed by atoms with Gasteiger partial charge in [0.2, 0.25) is 5.91 Å². The van der Waals surface area contributed by atoms with Gasteiger partial charge in [-0.2, -0.15) is 13.2 Å². The summed E-state index contributed by atoms with van der Waals surface area (Å²) in [5.74, 6) is -0.722. The normalized spacial score (nSPS) is 13.8. The van der Waals surface area contributed by atoms with Crippen LogP contribution in [0.3, 0.4) is 0 Å². The lowest BCUT2D eigenvalue weighted by atomic mass is 10.1. The lowest BCUT2D eigenvalue weighted by Gasteiger charge is -2.16. The van der Waals surface area contributed by atoms with Crippen molar-refractivity contribution < 1.29 is 18.0 Å². The molecule has 0 aromatic carbocycles. The molecule has 16 heavy (non-hydrogen) atoms. The molecule has 1 amide bonds. The highest BCUT2D eigenvalue weighted by molar-refractivity contribution is 5.79. The Morgan fingerprint density at radius 3 is 2.38 bits per heavy atom. The number of carbonyl (C=O) groups excluding carboxylic acids is 1. The fourth-order valence-corrected chi connectivity index (χ4v) is 1.36. The van der Waals surface area contributed by atoms with Crippen molar-refractivity contribution in [3.05, 3.63) is 0 Å². The predicted molar refractivity (Wildman–Crippen MR) is 55.8 cm³/mol. The van der Waals surface area contributed by atoms with Gasteiger partial charge in [0, 0.05) is 0 Å². The smallest absolute Gasteiger partial charge is 0.368 e. The standard InChI is InChI=1S/C10H19F3N2O/c1-2-3-4-5-6-8(9(14)16)15-7-10(11,12)13/h8,15H,2-7H2,1H3,(H2,14,16). The van der Waals surface area contributed by atoms with E-state index in [0.29, 0.717) is 12.8 Å². The van der Waals surface area contributed by atoms with E-state index in [9.17, 15) is 18.0 Å². The Morgan fingerprint density at radius 2 is 1.94 bits per heavy atom. The highest BCUT2D eigenvalue weighted by Crippen LogP contribution is 2.13. The van der Waals surface area contributed by atoms with Gasteiger partial charge in [0.15, 0.2) is 0 Å². The maximum Gasteiger partial charge on any atom is 0.401 e. The Morgan fingerprint density at radius 1 is 1.31 bits per heavy atom. The Bertz CT molecular complexity index is 207. The van der Waals surface area contributed by atoms with E-state index in [1.54, 1.807) is 0 Å². The summed E-state index contributed by atoms with van der Waals surface area (Å²) in [7, 11) is 0. The minimum atomic E-state index is -4.31. The summed E-state index contributed by atoms with van der Waals surface area (Å²) in [6.07, 6.45) is -0.259. The fourth-order valence-electron chi connectivity index (χ4n) is 1.36. The predicted octanol–water partition coefficient (Wildman–Crippen LogP) is 1.96. The van der Waals surface area contributed by atoms with Gasteiger partial charge in [-0.25, -0.2) is 0 Å². The number of rotatable bonds is 8. The zero-order valence-corrected chi connectivity index (χ0v) is 9.44. The van der Waals surface area contributed by atoms with Gasteiger partial charge in [0.05, 0.1) is 12.6 Å². The summed E-state index contributed by atoms with van der Waals surface area (Å²) in [4.78, 5) is 10.9. The molecule has 0 saturated heterocycles. The van der Waals surface area contributed by atoms with Gasteiger partial charge < -0.3 is 5.73 Å². The third-order valence-electron chi connectivity index (χ3n) is 2.24. The summed E-state index contributed by atoms with van der Waals surface area (Å²) in [6.45, 7) is 0.863. The highest BCUT2D eigenvalue weighted by Gasteiger charge is 2.29. The molecule has 0 saturated carbocycles. The number of amides is 1. The van der Waals surface area contributed by atoms with Gasteiger partial charge in [-0.05, 0) is 6.42 Å². The molecular weight excluding hydrogens is 221 g/mol. The number of nitrogens with two attached hydrogens (primary N) is 1. The van der Waals surface area contributed by atoms with Gasteiger partial charge in [-0.15, -0.1) is 0 Å². The molecule has 1 unspecified atom stereocenters. The third-order valence-corrected chi connectivity index (χ3v) is 2.24. The molecule has 0 aliphatic heterocycles. The van der Waals surface area contributed by atoms with Crippen molar-refractivity contribution in [1.82, 2.24) is 5.32 Å². The zero-order chi connectivity index (χ0) is 12.6. The molecule has 0 aliphatic carbocycles. The van der Waals surface area contributed by atoms with E-state index in [1.165, 1.54) is 0 Å². The molecule has 0 rings (SSSR count). The molecule has 1 atom stereocenters. The third kappa shape index (κ3) is 8.52. The van der Waals surface area contributed by atoms with Crippen LogP contribution in [0.25, 0.3) is 0 Å². The second-order valence-corrected chi connectivity index (χ2v) is 3.80. The number of unbranched alkanes of at least 4 members (excludes halogenated alkanes) is 3. The van der Waals surface area contributed by atoms with Crippen LogP contribution >= 0.6 is 0 Å². The summed E-state index contributed by atoms with van der Waals surface area (Å²) in [5.41, 5.74) is 5.01. The van der Waals surface area contributed by atoms with Gasteiger partial charge in [-0.1, -0.05) is 32.6 Å². The van der Waals surface area contributed by atoms with Crippen LogP contribution < -0.4 is 11.1 Å². The molecule has 0 aliphatic rings. The number of alkyl halides is 3. The minimum absolute atomic E-state index is 0.366. The van der Waals surface area contributed by atoms with E-state index >= 15 is 0 Å². The van der Waals surface area contributed by atoms with Crippen molar-refractivity contribution in [3.63, 3.8) is 0 Å².